The maximum absolute atomic E-state index is 13.0. The second-order valence-electron chi connectivity index (χ2n) is 13.3. The highest BCUT2D eigenvalue weighted by molar-refractivity contribution is 8.01. The van der Waals surface area contributed by atoms with Crippen LogP contribution in [-0.4, -0.2) is 57.4 Å². The highest BCUT2D eigenvalue weighted by Crippen LogP contribution is 2.44. The Hall–Kier alpha value is -4.27. The van der Waals surface area contributed by atoms with Gasteiger partial charge >= 0.3 is 12.1 Å². The van der Waals surface area contributed by atoms with Gasteiger partial charge in [0.15, 0.2) is 10.6 Å². The van der Waals surface area contributed by atoms with E-state index in [0.717, 1.165) is 47.9 Å². The van der Waals surface area contributed by atoms with Crippen LogP contribution in [0.25, 0.3) is 21.3 Å². The number of likely N-dealkylation sites (tertiary alicyclic amines) is 1. The molecule has 2 aliphatic heterocycles. The van der Waals surface area contributed by atoms with Gasteiger partial charge in [-0.3, -0.25) is 9.59 Å². The number of rotatable bonds is 10. The molecule has 2 saturated heterocycles. The van der Waals surface area contributed by atoms with Crippen molar-refractivity contribution in [2.45, 2.75) is 68.0 Å². The maximum Gasteiger partial charge on any atom is 0.471 e. The van der Waals surface area contributed by atoms with E-state index in [-0.39, 0.29) is 44.2 Å². The molecule has 7 rings (SSSR count). The summed E-state index contributed by atoms with van der Waals surface area (Å²) in [5.41, 5.74) is 6.24. The predicted octanol–water partition coefficient (Wildman–Crippen LogP) is 8.21. The van der Waals surface area contributed by atoms with Crippen molar-refractivity contribution in [1.82, 2.24) is 15.2 Å². The van der Waals surface area contributed by atoms with Crippen molar-refractivity contribution in [1.29, 1.82) is 0 Å². The van der Waals surface area contributed by atoms with Crippen molar-refractivity contribution >= 4 is 45.1 Å². The summed E-state index contributed by atoms with van der Waals surface area (Å²) < 4.78 is 54.5. The van der Waals surface area contributed by atoms with Crippen LogP contribution in [0.3, 0.4) is 0 Å². The number of alkyl halides is 3. The number of fused-ring (bicyclic) bond motifs is 1. The fourth-order valence-electron chi connectivity index (χ4n) is 6.82. The van der Waals surface area contributed by atoms with E-state index in [0.29, 0.717) is 17.1 Å². The Balaban J connectivity index is 1.04. The molecule has 0 aliphatic carbocycles. The van der Waals surface area contributed by atoms with Gasteiger partial charge in [-0.1, -0.05) is 97.5 Å². The summed E-state index contributed by atoms with van der Waals surface area (Å²) in [6.45, 7) is 2.11. The van der Waals surface area contributed by atoms with E-state index >= 15 is 0 Å². The molecule has 0 spiro atoms. The van der Waals surface area contributed by atoms with Gasteiger partial charge in [-0.05, 0) is 58.9 Å². The third-order valence-electron chi connectivity index (χ3n) is 9.74. The number of para-hydroxylation sites is 1. The first-order valence-electron chi connectivity index (χ1n) is 17.4. The van der Waals surface area contributed by atoms with Gasteiger partial charge in [0.25, 0.3) is 0 Å². The fraction of sp³-hybridized carbons (Fsp3) is 0.325. The van der Waals surface area contributed by atoms with Crippen LogP contribution in [0.4, 0.5) is 13.2 Å². The van der Waals surface area contributed by atoms with Crippen LogP contribution in [0, 0.1) is 5.92 Å². The van der Waals surface area contributed by atoms with Crippen LogP contribution in [0.2, 0.25) is 0 Å². The highest BCUT2D eigenvalue weighted by Gasteiger charge is 2.47. The van der Waals surface area contributed by atoms with Crippen molar-refractivity contribution in [3.05, 3.63) is 119 Å². The van der Waals surface area contributed by atoms with E-state index in [9.17, 15) is 27.9 Å². The van der Waals surface area contributed by atoms with Crippen LogP contribution in [0.5, 0.6) is 0 Å². The number of hydrogen-bond acceptors (Lipinski definition) is 8. The Labute approximate surface area is 313 Å². The molecule has 53 heavy (non-hydrogen) atoms. The summed E-state index contributed by atoms with van der Waals surface area (Å²) in [5, 5.41) is 12.3. The number of thiazole rings is 1. The van der Waals surface area contributed by atoms with Crippen molar-refractivity contribution in [2.75, 3.05) is 12.3 Å². The van der Waals surface area contributed by atoms with E-state index in [4.69, 9.17) is 14.5 Å². The number of nitrogens with zero attached hydrogens (tertiary/aromatic N) is 2. The first kappa shape index (κ1) is 37.1. The Morgan fingerprint density at radius 3 is 2.43 bits per heavy atom. The summed E-state index contributed by atoms with van der Waals surface area (Å²) in [4.78, 5) is 30.1. The molecule has 5 aromatic rings. The largest absolute Gasteiger partial charge is 0.471 e. The minimum Gasteiger partial charge on any atom is -0.392 e. The second-order valence-corrected chi connectivity index (χ2v) is 15.6. The SMILES string of the molecule is C[C@@H]1[C@H](CSc2nc3ccccc3s2)O[C@H](c2ccc(-c3cccc(CNC(=O)[C@@H]4CCCN4C(=O)C(F)(F)F)c3)cc2)O[C@@H]1c1ccc(CO)cc1. The van der Waals surface area contributed by atoms with E-state index in [1.165, 1.54) is 0 Å². The minimum absolute atomic E-state index is 0.0254. The third kappa shape index (κ3) is 8.44. The Morgan fingerprint density at radius 1 is 0.943 bits per heavy atom. The van der Waals surface area contributed by atoms with Gasteiger partial charge in [-0.25, -0.2) is 4.98 Å². The Bertz CT molecular complexity index is 2020. The predicted molar refractivity (Wildman–Crippen MR) is 198 cm³/mol. The number of thioether (sulfide) groups is 1. The van der Waals surface area contributed by atoms with Gasteiger partial charge in [0.05, 0.1) is 29.0 Å². The smallest absolute Gasteiger partial charge is 0.392 e. The number of amides is 2. The lowest BCUT2D eigenvalue weighted by Crippen LogP contribution is -2.50. The summed E-state index contributed by atoms with van der Waals surface area (Å²) in [7, 11) is 0. The lowest BCUT2D eigenvalue weighted by Gasteiger charge is -2.41. The molecule has 2 aliphatic rings. The third-order valence-corrected chi connectivity index (χ3v) is 12.0. The number of aromatic nitrogens is 1. The van der Waals surface area contributed by atoms with Gasteiger partial charge in [-0.2, -0.15) is 13.2 Å². The minimum atomic E-state index is -5.02. The second kappa shape index (κ2) is 16.0. The first-order chi connectivity index (χ1) is 25.6. The topological polar surface area (TPSA) is 101 Å². The van der Waals surface area contributed by atoms with Gasteiger partial charge in [0.2, 0.25) is 5.91 Å². The molecule has 276 valence electrons. The van der Waals surface area contributed by atoms with Gasteiger partial charge in [0, 0.05) is 30.3 Å². The Kier molecular flexibility index (Phi) is 11.2. The van der Waals surface area contributed by atoms with E-state index in [1.807, 2.05) is 91.0 Å². The number of carbonyl (C=O) groups is 2. The fourth-order valence-corrected chi connectivity index (χ4v) is 9.08. The molecular weight excluding hydrogens is 724 g/mol. The molecule has 4 aromatic carbocycles. The average molecular weight is 762 g/mol. The number of benzene rings is 4. The summed E-state index contributed by atoms with van der Waals surface area (Å²) in [5.74, 6) is -1.87. The molecule has 0 saturated carbocycles. The zero-order valence-electron chi connectivity index (χ0n) is 28.8. The number of halogens is 3. The van der Waals surface area contributed by atoms with E-state index < -0.39 is 30.3 Å². The molecule has 3 heterocycles. The number of hydrogen-bond donors (Lipinski definition) is 2. The van der Waals surface area contributed by atoms with Crippen molar-refractivity contribution in [2.24, 2.45) is 5.92 Å². The number of nitrogens with one attached hydrogen (secondary N) is 1. The zero-order chi connectivity index (χ0) is 37.1. The average Bonchev–Trinajstić information content (AvgIpc) is 3.84. The molecule has 0 bridgehead atoms. The number of carbonyl (C=O) groups excluding carboxylic acids is 2. The van der Waals surface area contributed by atoms with Crippen molar-refractivity contribution < 1.29 is 37.3 Å². The van der Waals surface area contributed by atoms with Crippen molar-refractivity contribution in [3.8, 4) is 11.1 Å². The number of aliphatic hydroxyl groups excluding tert-OH is 1. The van der Waals surface area contributed by atoms with Crippen LogP contribution in [0.15, 0.2) is 101 Å². The molecule has 2 amide bonds. The Morgan fingerprint density at radius 2 is 1.70 bits per heavy atom. The van der Waals surface area contributed by atoms with Crippen LogP contribution < -0.4 is 5.32 Å². The molecule has 13 heteroatoms. The molecule has 0 unspecified atom stereocenters. The first-order valence-corrected chi connectivity index (χ1v) is 19.2. The van der Waals surface area contributed by atoms with Gasteiger partial charge < -0.3 is 24.8 Å². The quantitative estimate of drug-likeness (QED) is 0.139. The van der Waals surface area contributed by atoms with Crippen LogP contribution in [-0.2, 0) is 32.2 Å². The zero-order valence-corrected chi connectivity index (χ0v) is 30.4. The van der Waals surface area contributed by atoms with E-state index in [1.54, 1.807) is 23.1 Å². The monoisotopic (exact) mass is 761 g/mol. The van der Waals surface area contributed by atoms with Gasteiger partial charge in [-0.15, -0.1) is 11.3 Å². The molecular formula is C40H38F3N3O5S2. The summed E-state index contributed by atoms with van der Waals surface area (Å²) in [6.07, 6.45) is -5.53. The van der Waals surface area contributed by atoms with Crippen LogP contribution in [0.1, 0.15) is 54.4 Å². The van der Waals surface area contributed by atoms with Crippen LogP contribution >= 0.6 is 23.1 Å². The van der Waals surface area contributed by atoms with Gasteiger partial charge in [0.1, 0.15) is 6.04 Å². The van der Waals surface area contributed by atoms with Crippen molar-refractivity contribution in [3.63, 3.8) is 0 Å². The molecule has 8 nitrogen and oxygen atoms in total. The highest BCUT2D eigenvalue weighted by atomic mass is 32.2. The van der Waals surface area contributed by atoms with E-state index in [2.05, 4.69) is 18.3 Å². The molecule has 2 fully saturated rings. The molecule has 5 atom stereocenters. The normalized spacial score (nSPS) is 21.9. The standard InChI is InChI=1S/C40H38F3N3O5S2/c1-24-33(23-52-39-45-31-8-2-3-10-34(31)53-39)50-37(51-35(24)28-13-11-25(22-47)12-14-28)29-17-15-27(16-18-29)30-7-4-6-26(20-30)21-44-36(48)32-9-5-19-46(32)38(49)40(41,42)43/h2-4,6-8,10-18,20,24,32-33,35,37,47H,5,9,19,21-23H2,1H3,(H,44,48)/t24-,32+,33+,35+,37+/m1/s1. The maximum atomic E-state index is 13.0. The number of aliphatic hydroxyl groups is 1. The lowest BCUT2D eigenvalue weighted by atomic mass is 9.91. The molecule has 0 radical (unpaired) electrons. The lowest BCUT2D eigenvalue weighted by molar-refractivity contribution is -0.268. The number of ether oxygens (including phenoxy) is 2. The molecule has 1 aromatic heterocycles. The molecule has 2 N–H and O–H groups in total. The summed E-state index contributed by atoms with van der Waals surface area (Å²) in [6, 6.07) is 30.2. The summed E-state index contributed by atoms with van der Waals surface area (Å²) >= 11 is 3.35.